The van der Waals surface area contributed by atoms with Gasteiger partial charge in [-0.25, -0.2) is 14.4 Å². The Hall–Kier alpha value is -3.28. The molecule has 0 fully saturated rings. The molecule has 0 unspecified atom stereocenters. The van der Waals surface area contributed by atoms with Gasteiger partial charge in [-0.1, -0.05) is 18.2 Å². The van der Waals surface area contributed by atoms with Crippen LogP contribution < -0.4 is 10.6 Å². The van der Waals surface area contributed by atoms with Crippen molar-refractivity contribution in [1.82, 2.24) is 15.3 Å². The van der Waals surface area contributed by atoms with E-state index in [4.69, 9.17) is 0 Å². The molecule has 144 valence electrons. The number of aryl methyl sites for hydroxylation is 3. The third-order valence-electron chi connectivity index (χ3n) is 4.18. The standard InChI is InChI=1S/C22H23FN4O/c1-14-10-15(2)12-19(11-14)26-22-25-16(3)13-20(27-22)21(28)24-9-8-17-4-6-18(23)7-5-17/h4-7,10-13H,8-9H2,1-3H3,(H,24,28)(H,25,26,27). The number of hydrogen-bond donors (Lipinski definition) is 2. The van der Waals surface area contributed by atoms with Crippen molar-refractivity contribution in [3.8, 4) is 0 Å². The van der Waals surface area contributed by atoms with Crippen LogP contribution in [0.15, 0.2) is 48.5 Å². The first-order valence-electron chi connectivity index (χ1n) is 9.13. The monoisotopic (exact) mass is 378 g/mol. The Kier molecular flexibility index (Phi) is 5.99. The SMILES string of the molecule is Cc1cc(C)cc(Nc2nc(C)cc(C(=O)NCCc3ccc(F)cc3)n2)c1. The van der Waals surface area contributed by atoms with E-state index in [2.05, 4.69) is 26.7 Å². The van der Waals surface area contributed by atoms with Gasteiger partial charge in [-0.05, 0) is 74.2 Å². The fourth-order valence-corrected chi connectivity index (χ4v) is 2.98. The van der Waals surface area contributed by atoms with Crippen LogP contribution in [0.3, 0.4) is 0 Å². The lowest BCUT2D eigenvalue weighted by atomic mass is 10.1. The second-order valence-corrected chi connectivity index (χ2v) is 6.85. The molecule has 2 aromatic carbocycles. The number of carbonyl (C=O) groups is 1. The fourth-order valence-electron chi connectivity index (χ4n) is 2.98. The van der Waals surface area contributed by atoms with E-state index in [0.717, 1.165) is 22.4 Å². The number of amides is 1. The quantitative estimate of drug-likeness (QED) is 0.673. The molecule has 0 aliphatic carbocycles. The Morgan fingerprint density at radius 3 is 2.32 bits per heavy atom. The molecule has 0 aliphatic rings. The first-order valence-corrected chi connectivity index (χ1v) is 9.13. The van der Waals surface area contributed by atoms with Crippen molar-refractivity contribution >= 4 is 17.5 Å². The summed E-state index contributed by atoms with van der Waals surface area (Å²) in [5.74, 6) is -0.155. The van der Waals surface area contributed by atoms with Gasteiger partial charge in [0.15, 0.2) is 0 Å². The van der Waals surface area contributed by atoms with Gasteiger partial charge in [-0.15, -0.1) is 0 Å². The highest BCUT2D eigenvalue weighted by atomic mass is 19.1. The van der Waals surface area contributed by atoms with E-state index in [-0.39, 0.29) is 11.7 Å². The van der Waals surface area contributed by atoms with E-state index >= 15 is 0 Å². The molecule has 1 amide bonds. The molecule has 0 radical (unpaired) electrons. The van der Waals surface area contributed by atoms with Crippen LogP contribution in [0, 0.1) is 26.6 Å². The summed E-state index contributed by atoms with van der Waals surface area (Å²) >= 11 is 0. The predicted molar refractivity (Wildman–Crippen MR) is 108 cm³/mol. The van der Waals surface area contributed by atoms with Crippen molar-refractivity contribution in [2.45, 2.75) is 27.2 Å². The molecule has 0 saturated carbocycles. The van der Waals surface area contributed by atoms with Gasteiger partial charge in [0.25, 0.3) is 5.91 Å². The zero-order valence-corrected chi connectivity index (χ0v) is 16.2. The van der Waals surface area contributed by atoms with Crippen LogP contribution >= 0.6 is 0 Å². The molecule has 0 spiro atoms. The van der Waals surface area contributed by atoms with Gasteiger partial charge in [0.2, 0.25) is 5.95 Å². The summed E-state index contributed by atoms with van der Waals surface area (Å²) in [5.41, 5.74) is 5.11. The van der Waals surface area contributed by atoms with Gasteiger partial charge in [0, 0.05) is 17.9 Å². The normalized spacial score (nSPS) is 10.6. The Labute approximate surface area is 164 Å². The minimum atomic E-state index is -0.270. The highest BCUT2D eigenvalue weighted by Crippen LogP contribution is 2.18. The molecular formula is C22H23FN4O. The molecule has 0 aliphatic heterocycles. The second-order valence-electron chi connectivity index (χ2n) is 6.85. The van der Waals surface area contributed by atoms with Crippen LogP contribution in [-0.4, -0.2) is 22.4 Å². The van der Waals surface area contributed by atoms with Crippen LogP contribution in [0.1, 0.15) is 32.9 Å². The summed E-state index contributed by atoms with van der Waals surface area (Å²) in [6, 6.07) is 14.0. The van der Waals surface area contributed by atoms with Crippen molar-refractivity contribution < 1.29 is 9.18 Å². The van der Waals surface area contributed by atoms with E-state index in [9.17, 15) is 9.18 Å². The van der Waals surface area contributed by atoms with Crippen LogP contribution in [-0.2, 0) is 6.42 Å². The first kappa shape index (κ1) is 19.5. The van der Waals surface area contributed by atoms with Crippen LogP contribution in [0.25, 0.3) is 0 Å². The molecule has 0 saturated heterocycles. The van der Waals surface area contributed by atoms with Crippen molar-refractivity contribution in [1.29, 1.82) is 0 Å². The first-order chi connectivity index (χ1) is 13.4. The third kappa shape index (κ3) is 5.36. The summed E-state index contributed by atoms with van der Waals surface area (Å²) in [4.78, 5) is 21.2. The Morgan fingerprint density at radius 1 is 0.964 bits per heavy atom. The molecule has 6 heteroatoms. The summed E-state index contributed by atoms with van der Waals surface area (Å²) in [6.07, 6.45) is 0.615. The highest BCUT2D eigenvalue weighted by molar-refractivity contribution is 5.92. The third-order valence-corrected chi connectivity index (χ3v) is 4.18. The maximum Gasteiger partial charge on any atom is 0.270 e. The fraction of sp³-hybridized carbons (Fsp3) is 0.227. The topological polar surface area (TPSA) is 66.9 Å². The van der Waals surface area contributed by atoms with E-state index < -0.39 is 0 Å². The maximum absolute atomic E-state index is 12.9. The number of anilines is 2. The molecule has 1 aromatic heterocycles. The number of rotatable bonds is 6. The van der Waals surface area contributed by atoms with Crippen LogP contribution in [0.4, 0.5) is 16.0 Å². The lowest BCUT2D eigenvalue weighted by molar-refractivity contribution is 0.0949. The van der Waals surface area contributed by atoms with Crippen molar-refractivity contribution in [2.24, 2.45) is 0 Å². The number of nitrogens with one attached hydrogen (secondary N) is 2. The van der Waals surface area contributed by atoms with Gasteiger partial charge in [-0.3, -0.25) is 4.79 Å². The molecule has 3 aromatic rings. The average Bonchev–Trinajstić information content (AvgIpc) is 2.62. The minimum absolute atomic E-state index is 0.268. The maximum atomic E-state index is 12.9. The predicted octanol–water partition coefficient (Wildman–Crippen LogP) is 4.26. The zero-order chi connectivity index (χ0) is 20.1. The molecule has 0 bridgehead atoms. The Bertz CT molecular complexity index is 966. The molecular weight excluding hydrogens is 355 g/mol. The van der Waals surface area contributed by atoms with Crippen LogP contribution in [0.5, 0.6) is 0 Å². The molecule has 28 heavy (non-hydrogen) atoms. The van der Waals surface area contributed by atoms with E-state index in [1.54, 1.807) is 18.2 Å². The van der Waals surface area contributed by atoms with E-state index in [1.807, 2.05) is 32.9 Å². The lowest BCUT2D eigenvalue weighted by Gasteiger charge is -2.10. The van der Waals surface area contributed by atoms with E-state index in [1.165, 1.54) is 12.1 Å². The Balaban J connectivity index is 1.66. The van der Waals surface area contributed by atoms with Gasteiger partial charge in [0.1, 0.15) is 11.5 Å². The number of aromatic nitrogens is 2. The molecule has 2 N–H and O–H groups in total. The minimum Gasteiger partial charge on any atom is -0.350 e. The van der Waals surface area contributed by atoms with Crippen molar-refractivity contribution in [2.75, 3.05) is 11.9 Å². The van der Waals surface area contributed by atoms with Crippen molar-refractivity contribution in [3.63, 3.8) is 0 Å². The zero-order valence-electron chi connectivity index (χ0n) is 16.2. The van der Waals surface area contributed by atoms with Gasteiger partial charge < -0.3 is 10.6 Å². The Morgan fingerprint density at radius 2 is 1.64 bits per heavy atom. The number of halogens is 1. The van der Waals surface area contributed by atoms with E-state index in [0.29, 0.717) is 30.3 Å². The van der Waals surface area contributed by atoms with Crippen molar-refractivity contribution in [3.05, 3.63) is 82.4 Å². The molecule has 5 nitrogen and oxygen atoms in total. The molecule has 1 heterocycles. The number of benzene rings is 2. The highest BCUT2D eigenvalue weighted by Gasteiger charge is 2.11. The number of hydrogen-bond acceptors (Lipinski definition) is 4. The second kappa shape index (κ2) is 8.61. The summed E-state index contributed by atoms with van der Waals surface area (Å²) in [5, 5.41) is 6.02. The van der Waals surface area contributed by atoms with Crippen LogP contribution in [0.2, 0.25) is 0 Å². The summed E-state index contributed by atoms with van der Waals surface area (Å²) in [7, 11) is 0. The number of carbonyl (C=O) groups excluding carboxylic acids is 1. The largest absolute Gasteiger partial charge is 0.350 e. The summed E-state index contributed by atoms with van der Waals surface area (Å²) < 4.78 is 12.9. The molecule has 3 rings (SSSR count). The smallest absolute Gasteiger partial charge is 0.270 e. The van der Waals surface area contributed by atoms with Gasteiger partial charge in [-0.2, -0.15) is 0 Å². The van der Waals surface area contributed by atoms with Gasteiger partial charge in [0.05, 0.1) is 0 Å². The lowest BCUT2D eigenvalue weighted by Crippen LogP contribution is -2.27. The van der Waals surface area contributed by atoms with Gasteiger partial charge >= 0.3 is 0 Å². The summed E-state index contributed by atoms with van der Waals surface area (Å²) in [6.45, 7) is 6.31. The average molecular weight is 378 g/mol. The molecule has 0 atom stereocenters. The number of nitrogens with zero attached hydrogens (tertiary/aromatic N) is 2.